The molecule has 0 amide bonds. The normalized spacial score (nSPS) is 16.4. The lowest BCUT2D eigenvalue weighted by Crippen LogP contribution is -2.32. The first-order chi connectivity index (χ1) is 15.5. The van der Waals surface area contributed by atoms with Gasteiger partial charge in [0.05, 0.1) is 19.9 Å². The van der Waals surface area contributed by atoms with Crippen LogP contribution in [0.1, 0.15) is 36.8 Å². The minimum atomic E-state index is -0.919. The fourth-order valence-corrected chi connectivity index (χ4v) is 4.23. The maximum Gasteiger partial charge on any atom is 0.320 e. The molecule has 0 aliphatic heterocycles. The van der Waals surface area contributed by atoms with E-state index in [1.165, 1.54) is 11.1 Å². The van der Waals surface area contributed by atoms with E-state index >= 15 is 0 Å². The molecule has 1 aliphatic carbocycles. The molecule has 33 heavy (non-hydrogen) atoms. The van der Waals surface area contributed by atoms with Crippen molar-refractivity contribution in [3.8, 4) is 16.9 Å². The Hall–Kier alpha value is -3.09. The number of carbonyl (C=O) groups is 1. The first-order valence-corrected chi connectivity index (χ1v) is 11.0. The van der Waals surface area contributed by atoms with E-state index in [0.717, 1.165) is 41.7 Å². The first kappa shape index (κ1) is 24.6. The van der Waals surface area contributed by atoms with E-state index in [-0.39, 0.29) is 12.4 Å². The summed E-state index contributed by atoms with van der Waals surface area (Å²) in [6.45, 7) is 0.710. The van der Waals surface area contributed by atoms with Gasteiger partial charge in [-0.1, -0.05) is 42.5 Å². The minimum absolute atomic E-state index is 0. The topological polar surface area (TPSA) is 90.4 Å². The maximum absolute atomic E-state index is 11.0. The number of carboxylic acid groups (broad SMARTS) is 1. The van der Waals surface area contributed by atoms with Gasteiger partial charge in [0.15, 0.2) is 0 Å². The second-order valence-corrected chi connectivity index (χ2v) is 8.41. The van der Waals surface area contributed by atoms with Gasteiger partial charge in [-0.25, -0.2) is 0 Å². The molecule has 0 saturated carbocycles. The summed E-state index contributed by atoms with van der Waals surface area (Å²) in [4.78, 5) is 11.0. The third kappa shape index (κ3) is 6.24. The SMILES string of the molecule is COc1cccc(-c2ccc(Cn3cc(C4=CCC(CC(N)C(=O)O)CC4)cn3)cc2)c1.Cl. The van der Waals surface area contributed by atoms with Crippen molar-refractivity contribution in [1.82, 2.24) is 9.78 Å². The average molecular weight is 468 g/mol. The van der Waals surface area contributed by atoms with E-state index in [1.54, 1.807) is 7.11 Å². The molecule has 0 spiro atoms. The zero-order valence-electron chi connectivity index (χ0n) is 18.7. The number of aliphatic carboxylic acids is 1. The highest BCUT2D eigenvalue weighted by Crippen LogP contribution is 2.32. The highest BCUT2D eigenvalue weighted by Gasteiger charge is 2.21. The second-order valence-electron chi connectivity index (χ2n) is 8.41. The van der Waals surface area contributed by atoms with Crippen molar-refractivity contribution in [2.45, 2.75) is 38.3 Å². The van der Waals surface area contributed by atoms with E-state index < -0.39 is 12.0 Å². The van der Waals surface area contributed by atoms with Gasteiger partial charge in [-0.05, 0) is 66.0 Å². The highest BCUT2D eigenvalue weighted by atomic mass is 35.5. The van der Waals surface area contributed by atoms with Crippen LogP contribution in [0.25, 0.3) is 16.7 Å². The molecule has 1 heterocycles. The van der Waals surface area contributed by atoms with Crippen molar-refractivity contribution in [3.05, 3.63) is 78.1 Å². The molecule has 0 fully saturated rings. The average Bonchev–Trinajstić information content (AvgIpc) is 3.28. The number of aromatic nitrogens is 2. The second kappa shape index (κ2) is 11.2. The fraction of sp³-hybridized carbons (Fsp3) is 0.308. The lowest BCUT2D eigenvalue weighted by molar-refractivity contribution is -0.138. The number of rotatable bonds is 8. The third-order valence-electron chi connectivity index (χ3n) is 6.13. The smallest absolute Gasteiger partial charge is 0.320 e. The van der Waals surface area contributed by atoms with E-state index in [4.69, 9.17) is 15.6 Å². The molecule has 6 nitrogen and oxygen atoms in total. The largest absolute Gasteiger partial charge is 0.497 e. The first-order valence-electron chi connectivity index (χ1n) is 11.0. The van der Waals surface area contributed by atoms with Crippen LogP contribution in [0.5, 0.6) is 5.75 Å². The van der Waals surface area contributed by atoms with Crippen LogP contribution in [0, 0.1) is 5.92 Å². The Bertz CT molecular complexity index is 1110. The highest BCUT2D eigenvalue weighted by molar-refractivity contribution is 5.85. The molecule has 3 N–H and O–H groups in total. The van der Waals surface area contributed by atoms with E-state index in [2.05, 4.69) is 47.7 Å². The monoisotopic (exact) mass is 467 g/mol. The molecule has 4 rings (SSSR count). The number of nitrogens with zero attached hydrogens (tertiary/aromatic N) is 2. The van der Waals surface area contributed by atoms with Crippen molar-refractivity contribution >= 4 is 23.9 Å². The van der Waals surface area contributed by atoms with Gasteiger partial charge in [-0.2, -0.15) is 5.10 Å². The standard InChI is InChI=1S/C26H29N3O3.ClH/c1-32-24-4-2-3-22(14-24)20-11-7-19(8-12-20)16-29-17-23(15-28-29)21-9-5-18(6-10-21)13-25(27)26(30)31;/h2-4,7-9,11-12,14-15,17-18,25H,5-6,10,13,16,27H2,1H3,(H,30,31);1H. The Morgan fingerprint density at radius 3 is 2.67 bits per heavy atom. The van der Waals surface area contributed by atoms with Crippen LogP contribution < -0.4 is 10.5 Å². The number of carboxylic acids is 1. The van der Waals surface area contributed by atoms with Gasteiger partial charge in [-0.3, -0.25) is 9.48 Å². The molecule has 1 aromatic heterocycles. The molecule has 0 saturated heterocycles. The third-order valence-corrected chi connectivity index (χ3v) is 6.13. The van der Waals surface area contributed by atoms with Crippen molar-refractivity contribution < 1.29 is 14.6 Å². The Morgan fingerprint density at radius 2 is 2.00 bits per heavy atom. The fourth-order valence-electron chi connectivity index (χ4n) is 4.23. The number of hydrogen-bond acceptors (Lipinski definition) is 4. The number of benzene rings is 2. The maximum atomic E-state index is 11.0. The molecule has 0 radical (unpaired) electrons. The van der Waals surface area contributed by atoms with E-state index in [1.807, 2.05) is 29.1 Å². The molecular weight excluding hydrogens is 438 g/mol. The van der Waals surface area contributed by atoms with Crippen LogP contribution in [0.2, 0.25) is 0 Å². The quantitative estimate of drug-likeness (QED) is 0.485. The number of allylic oxidation sites excluding steroid dienone is 2. The van der Waals surface area contributed by atoms with Gasteiger partial charge >= 0.3 is 5.97 Å². The molecule has 174 valence electrons. The number of nitrogens with two attached hydrogens (primary N) is 1. The predicted molar refractivity (Wildman–Crippen MR) is 133 cm³/mol. The van der Waals surface area contributed by atoms with Gasteiger partial charge in [-0.15, -0.1) is 12.4 Å². The Labute approximate surface area is 200 Å². The van der Waals surface area contributed by atoms with E-state index in [0.29, 0.717) is 18.9 Å². The Balaban J connectivity index is 0.00000306. The summed E-state index contributed by atoms with van der Waals surface area (Å²) in [7, 11) is 1.68. The molecule has 2 atom stereocenters. The summed E-state index contributed by atoms with van der Waals surface area (Å²) in [6, 6.07) is 15.8. The number of methoxy groups -OCH3 is 1. The number of ether oxygens (including phenoxy) is 1. The summed E-state index contributed by atoms with van der Waals surface area (Å²) in [5.74, 6) is 0.268. The molecule has 2 aromatic carbocycles. The number of hydrogen-bond donors (Lipinski definition) is 2. The van der Waals surface area contributed by atoms with Gasteiger partial charge in [0.2, 0.25) is 0 Å². The zero-order valence-corrected chi connectivity index (χ0v) is 19.5. The van der Waals surface area contributed by atoms with Crippen molar-refractivity contribution in [2.75, 3.05) is 7.11 Å². The van der Waals surface area contributed by atoms with Gasteiger partial charge in [0.25, 0.3) is 0 Å². The summed E-state index contributed by atoms with van der Waals surface area (Å²) in [6.07, 6.45) is 9.51. The minimum Gasteiger partial charge on any atom is -0.497 e. The summed E-state index contributed by atoms with van der Waals surface area (Å²) in [5.41, 5.74) is 11.6. The molecule has 2 unspecified atom stereocenters. The predicted octanol–water partition coefficient (Wildman–Crippen LogP) is 5.01. The molecule has 0 bridgehead atoms. The van der Waals surface area contributed by atoms with Crippen LogP contribution in [0.3, 0.4) is 0 Å². The molecule has 1 aliphatic rings. The van der Waals surface area contributed by atoms with Crippen LogP contribution in [-0.2, 0) is 11.3 Å². The lowest BCUT2D eigenvalue weighted by atomic mass is 9.84. The van der Waals surface area contributed by atoms with Crippen LogP contribution in [-0.4, -0.2) is 34.0 Å². The zero-order chi connectivity index (χ0) is 22.5. The van der Waals surface area contributed by atoms with Crippen molar-refractivity contribution in [1.29, 1.82) is 0 Å². The summed E-state index contributed by atoms with van der Waals surface area (Å²) < 4.78 is 7.28. The Morgan fingerprint density at radius 1 is 1.21 bits per heavy atom. The van der Waals surface area contributed by atoms with Gasteiger partial charge in [0.1, 0.15) is 11.8 Å². The lowest BCUT2D eigenvalue weighted by Gasteiger charge is -2.22. The van der Waals surface area contributed by atoms with Gasteiger partial charge in [0, 0.05) is 11.8 Å². The van der Waals surface area contributed by atoms with Crippen LogP contribution in [0.15, 0.2) is 67.0 Å². The summed E-state index contributed by atoms with van der Waals surface area (Å²) in [5, 5.41) is 13.5. The van der Waals surface area contributed by atoms with E-state index in [9.17, 15) is 4.79 Å². The number of halogens is 1. The molecule has 3 aromatic rings. The summed E-state index contributed by atoms with van der Waals surface area (Å²) >= 11 is 0. The van der Waals surface area contributed by atoms with Crippen molar-refractivity contribution in [2.24, 2.45) is 11.7 Å². The Kier molecular flexibility index (Phi) is 8.31. The molecule has 7 heteroatoms. The molecular formula is C26H30ClN3O3. The van der Waals surface area contributed by atoms with Crippen LogP contribution >= 0.6 is 12.4 Å². The van der Waals surface area contributed by atoms with Crippen LogP contribution in [0.4, 0.5) is 0 Å². The van der Waals surface area contributed by atoms with Gasteiger partial charge < -0.3 is 15.6 Å². The van der Waals surface area contributed by atoms with Crippen molar-refractivity contribution in [3.63, 3.8) is 0 Å².